The first-order valence-corrected chi connectivity index (χ1v) is 10.0. The number of ether oxygens (including phenoxy) is 1. The van der Waals surface area contributed by atoms with Gasteiger partial charge in [0, 0.05) is 13.2 Å². The second-order valence-electron chi connectivity index (χ2n) is 5.97. The number of para-hydroxylation sites is 1. The first kappa shape index (κ1) is 21.7. The topological polar surface area (TPSA) is 90.3 Å². The van der Waals surface area contributed by atoms with Crippen molar-refractivity contribution in [3.05, 3.63) is 65.4 Å². The number of imidazole rings is 1. The Morgan fingerprint density at radius 2 is 1.77 bits per heavy atom. The first-order chi connectivity index (χ1) is 14.0. The van der Waals surface area contributed by atoms with Crippen molar-refractivity contribution < 1.29 is 31.1 Å². The normalized spacial score (nSPS) is 11.9. The Kier molecular flexibility index (Phi) is 5.77. The minimum Gasteiger partial charge on any atom is -0.405 e. The van der Waals surface area contributed by atoms with Crippen LogP contribution in [0.15, 0.2) is 59.6 Å². The van der Waals surface area contributed by atoms with E-state index >= 15 is 0 Å². The van der Waals surface area contributed by atoms with E-state index in [0.29, 0.717) is 0 Å². The first-order valence-electron chi connectivity index (χ1n) is 8.18. The molecule has 7 nitrogen and oxygen atoms in total. The molecule has 0 unspecified atom stereocenters. The molecule has 0 saturated carbocycles. The van der Waals surface area contributed by atoms with Crippen LogP contribution in [0.1, 0.15) is 10.5 Å². The van der Waals surface area contributed by atoms with Gasteiger partial charge in [0.2, 0.25) is 0 Å². The highest BCUT2D eigenvalue weighted by Gasteiger charge is 2.33. The van der Waals surface area contributed by atoms with Crippen LogP contribution < -0.4 is 9.46 Å². The van der Waals surface area contributed by atoms with Gasteiger partial charge in [-0.3, -0.25) is 4.79 Å². The molecule has 0 spiro atoms. The summed E-state index contributed by atoms with van der Waals surface area (Å²) in [5.41, 5.74) is -0.365. The third kappa shape index (κ3) is 4.74. The van der Waals surface area contributed by atoms with E-state index in [1.807, 2.05) is 4.72 Å². The number of carbonyl (C=O) groups excluding carboxylic acids is 1. The summed E-state index contributed by atoms with van der Waals surface area (Å²) in [5.74, 6) is -1.63. The van der Waals surface area contributed by atoms with Crippen LogP contribution in [0.25, 0.3) is 11.4 Å². The smallest absolute Gasteiger partial charge is 0.405 e. The molecule has 30 heavy (non-hydrogen) atoms. The van der Waals surface area contributed by atoms with E-state index in [2.05, 4.69) is 9.72 Å². The van der Waals surface area contributed by atoms with Gasteiger partial charge in [0.25, 0.3) is 15.9 Å². The van der Waals surface area contributed by atoms with Gasteiger partial charge < -0.3 is 9.30 Å². The van der Waals surface area contributed by atoms with Gasteiger partial charge in [-0.05, 0) is 24.3 Å². The van der Waals surface area contributed by atoms with Crippen molar-refractivity contribution in [3.63, 3.8) is 0 Å². The number of aromatic nitrogens is 2. The summed E-state index contributed by atoms with van der Waals surface area (Å²) in [5, 5.41) is -0.0854. The number of aryl methyl sites for hydroxylation is 1. The fourth-order valence-corrected chi connectivity index (χ4v) is 4.06. The fourth-order valence-electron chi connectivity index (χ4n) is 2.58. The predicted molar refractivity (Wildman–Crippen MR) is 101 cm³/mol. The van der Waals surface area contributed by atoms with Crippen LogP contribution in [0.4, 0.5) is 13.2 Å². The molecule has 3 rings (SSSR count). The Morgan fingerprint density at radius 1 is 1.13 bits per heavy atom. The number of benzene rings is 2. The largest absolute Gasteiger partial charge is 0.573 e. The van der Waals surface area contributed by atoms with E-state index in [-0.39, 0.29) is 27.0 Å². The van der Waals surface area contributed by atoms with Crippen LogP contribution >= 0.6 is 11.6 Å². The number of halogens is 4. The Bertz CT molecular complexity index is 1210. The number of nitrogens with zero attached hydrogens (tertiary/aromatic N) is 2. The number of carbonyl (C=O) groups is 1. The number of rotatable bonds is 5. The molecule has 0 aliphatic heterocycles. The molecule has 1 N–H and O–H groups in total. The molecule has 0 aliphatic rings. The zero-order chi connectivity index (χ0) is 22.1. The minimum absolute atomic E-state index is 0.0323. The summed E-state index contributed by atoms with van der Waals surface area (Å²) in [7, 11) is -2.86. The van der Waals surface area contributed by atoms with Crippen LogP contribution in [0.5, 0.6) is 5.75 Å². The van der Waals surface area contributed by atoms with E-state index in [1.165, 1.54) is 60.3 Å². The standard InChI is InChI=1S/C18H13ClF3N3O4S/c1-25-10-13(17(26)24-30(27,28)15-9-5-3-7-12(15)19)23-16(25)11-6-2-4-8-14(11)29-18(20,21)22/h2-10H,1H3,(H,24,26). The third-order valence-corrected chi connectivity index (χ3v) is 5.65. The highest BCUT2D eigenvalue weighted by molar-refractivity contribution is 7.90. The average Bonchev–Trinajstić information content (AvgIpc) is 3.02. The SMILES string of the molecule is Cn1cc(C(=O)NS(=O)(=O)c2ccccc2Cl)nc1-c1ccccc1OC(F)(F)F. The van der Waals surface area contributed by atoms with Crippen LogP contribution in [0, 0.1) is 0 Å². The quantitative estimate of drug-likeness (QED) is 0.627. The molecule has 0 bridgehead atoms. The van der Waals surface area contributed by atoms with E-state index < -0.39 is 28.0 Å². The zero-order valence-electron chi connectivity index (χ0n) is 15.1. The van der Waals surface area contributed by atoms with Gasteiger partial charge in [0.15, 0.2) is 0 Å². The monoisotopic (exact) mass is 459 g/mol. The van der Waals surface area contributed by atoms with Crippen molar-refractivity contribution in [2.45, 2.75) is 11.3 Å². The van der Waals surface area contributed by atoms with Crippen molar-refractivity contribution in [2.24, 2.45) is 7.05 Å². The molecule has 1 amide bonds. The van der Waals surface area contributed by atoms with Gasteiger partial charge in [0.1, 0.15) is 22.2 Å². The Hall–Kier alpha value is -3.05. The maximum Gasteiger partial charge on any atom is 0.573 e. The van der Waals surface area contributed by atoms with Crippen LogP contribution in [-0.2, 0) is 17.1 Å². The lowest BCUT2D eigenvalue weighted by atomic mass is 10.2. The Labute approximate surface area is 174 Å². The van der Waals surface area contributed by atoms with Gasteiger partial charge in [0.05, 0.1) is 10.6 Å². The second kappa shape index (κ2) is 8.00. The zero-order valence-corrected chi connectivity index (χ0v) is 16.7. The summed E-state index contributed by atoms with van der Waals surface area (Å²) in [4.78, 5) is 16.1. The van der Waals surface area contributed by atoms with Gasteiger partial charge in [-0.2, -0.15) is 0 Å². The van der Waals surface area contributed by atoms with E-state index in [0.717, 1.165) is 6.07 Å². The molecule has 0 aliphatic carbocycles. The van der Waals surface area contributed by atoms with E-state index in [1.54, 1.807) is 0 Å². The number of hydrogen-bond donors (Lipinski definition) is 1. The Morgan fingerprint density at radius 3 is 2.43 bits per heavy atom. The molecule has 0 radical (unpaired) electrons. The molecule has 2 aromatic carbocycles. The Balaban J connectivity index is 1.92. The molecule has 1 heterocycles. The van der Waals surface area contributed by atoms with Gasteiger partial charge in [-0.25, -0.2) is 18.1 Å². The maximum absolute atomic E-state index is 12.7. The lowest BCUT2D eigenvalue weighted by Gasteiger charge is -2.12. The number of sulfonamides is 1. The summed E-state index contributed by atoms with van der Waals surface area (Å²) in [6.07, 6.45) is -3.75. The molecule has 1 aromatic heterocycles. The number of alkyl halides is 3. The van der Waals surface area contributed by atoms with Gasteiger partial charge >= 0.3 is 6.36 Å². The fraction of sp³-hybridized carbons (Fsp3) is 0.111. The maximum atomic E-state index is 12.7. The molecule has 0 atom stereocenters. The average molecular weight is 460 g/mol. The van der Waals surface area contributed by atoms with Crippen LogP contribution in [0.3, 0.4) is 0 Å². The second-order valence-corrected chi connectivity index (χ2v) is 8.03. The lowest BCUT2D eigenvalue weighted by Crippen LogP contribution is -2.31. The lowest BCUT2D eigenvalue weighted by molar-refractivity contribution is -0.274. The summed E-state index contributed by atoms with van der Waals surface area (Å²) in [6.45, 7) is 0. The highest BCUT2D eigenvalue weighted by Crippen LogP contribution is 2.33. The minimum atomic E-state index is -4.93. The van der Waals surface area contributed by atoms with Crippen molar-refractivity contribution >= 4 is 27.5 Å². The highest BCUT2D eigenvalue weighted by atomic mass is 35.5. The van der Waals surface area contributed by atoms with Gasteiger partial charge in [-0.1, -0.05) is 35.9 Å². The molecule has 12 heteroatoms. The molecule has 0 saturated heterocycles. The molecular formula is C18H13ClF3N3O4S. The summed E-state index contributed by atoms with van der Waals surface area (Å²) in [6, 6.07) is 10.7. The predicted octanol–water partition coefficient (Wildman–Crippen LogP) is 3.76. The number of nitrogens with one attached hydrogen (secondary N) is 1. The van der Waals surface area contributed by atoms with Crippen LogP contribution in [0.2, 0.25) is 5.02 Å². The van der Waals surface area contributed by atoms with Gasteiger partial charge in [-0.15, -0.1) is 13.2 Å². The third-order valence-electron chi connectivity index (χ3n) is 3.82. The van der Waals surface area contributed by atoms with Crippen molar-refractivity contribution in [3.8, 4) is 17.1 Å². The number of amides is 1. The molecular weight excluding hydrogens is 447 g/mol. The summed E-state index contributed by atoms with van der Waals surface area (Å²) >= 11 is 5.86. The van der Waals surface area contributed by atoms with Crippen molar-refractivity contribution in [1.29, 1.82) is 0 Å². The summed E-state index contributed by atoms with van der Waals surface area (Å²) < 4.78 is 69.9. The van der Waals surface area contributed by atoms with Crippen molar-refractivity contribution in [2.75, 3.05) is 0 Å². The molecule has 3 aromatic rings. The van der Waals surface area contributed by atoms with Crippen LogP contribution in [-0.4, -0.2) is 30.2 Å². The van der Waals surface area contributed by atoms with E-state index in [4.69, 9.17) is 11.6 Å². The molecule has 158 valence electrons. The van der Waals surface area contributed by atoms with Crippen molar-refractivity contribution in [1.82, 2.24) is 14.3 Å². The molecule has 0 fully saturated rings. The number of hydrogen-bond acceptors (Lipinski definition) is 5. The van der Waals surface area contributed by atoms with E-state index in [9.17, 15) is 26.4 Å².